The molecule has 82 valence electrons. The Labute approximate surface area is 94.0 Å². The lowest BCUT2D eigenvalue weighted by atomic mass is 10.3. The normalized spacial score (nSPS) is 10.1. The van der Waals surface area contributed by atoms with E-state index in [0.29, 0.717) is 11.6 Å². The molecule has 0 aliphatic carbocycles. The van der Waals surface area contributed by atoms with E-state index in [1.807, 2.05) is 26.0 Å². The fraction of sp³-hybridized carbons (Fsp3) is 0.167. The van der Waals surface area contributed by atoms with Crippen LogP contribution in [0.4, 0.5) is 11.6 Å². The first-order valence-corrected chi connectivity index (χ1v) is 5.02. The van der Waals surface area contributed by atoms with Gasteiger partial charge in [-0.2, -0.15) is 0 Å². The summed E-state index contributed by atoms with van der Waals surface area (Å²) in [6.45, 7) is 3.81. The number of hydrogen-bond donors (Lipinski definition) is 2. The average molecular weight is 215 g/mol. The lowest BCUT2D eigenvalue weighted by Gasteiger charge is -2.07. The summed E-state index contributed by atoms with van der Waals surface area (Å²) >= 11 is 0. The first-order chi connectivity index (χ1) is 7.65. The number of phenolic OH excluding ortho intramolecular Hbond substituents is 1. The molecule has 1 aromatic carbocycles. The summed E-state index contributed by atoms with van der Waals surface area (Å²) in [6, 6.07) is 8.89. The van der Waals surface area contributed by atoms with E-state index in [1.54, 1.807) is 18.2 Å². The van der Waals surface area contributed by atoms with Crippen molar-refractivity contribution in [3.05, 3.63) is 41.7 Å². The summed E-state index contributed by atoms with van der Waals surface area (Å²) in [5.41, 5.74) is 2.39. The average Bonchev–Trinajstić information content (AvgIpc) is 2.20. The molecule has 16 heavy (non-hydrogen) atoms. The van der Waals surface area contributed by atoms with Crippen LogP contribution in [0.2, 0.25) is 0 Å². The van der Waals surface area contributed by atoms with E-state index in [9.17, 15) is 5.11 Å². The maximum absolute atomic E-state index is 9.59. The van der Waals surface area contributed by atoms with Gasteiger partial charge in [0.1, 0.15) is 5.75 Å². The number of anilines is 2. The molecule has 0 bridgehead atoms. The minimum atomic E-state index is 0.185. The second kappa shape index (κ2) is 4.18. The van der Waals surface area contributed by atoms with Crippen LogP contribution in [0, 0.1) is 13.8 Å². The van der Waals surface area contributed by atoms with Gasteiger partial charge in [-0.05, 0) is 32.0 Å². The van der Waals surface area contributed by atoms with Crippen molar-refractivity contribution in [2.75, 3.05) is 5.32 Å². The van der Waals surface area contributed by atoms with E-state index in [1.165, 1.54) is 0 Å². The molecule has 0 saturated heterocycles. The van der Waals surface area contributed by atoms with Gasteiger partial charge in [-0.25, -0.2) is 9.97 Å². The molecule has 0 aliphatic heterocycles. The number of phenols is 1. The van der Waals surface area contributed by atoms with Gasteiger partial charge in [0.15, 0.2) is 0 Å². The Bertz CT molecular complexity index is 491. The smallest absolute Gasteiger partial charge is 0.227 e. The van der Waals surface area contributed by atoms with Crippen molar-refractivity contribution < 1.29 is 5.11 Å². The molecule has 4 nitrogen and oxygen atoms in total. The molecule has 0 amide bonds. The predicted octanol–water partition coefficient (Wildman–Crippen LogP) is 2.54. The maximum Gasteiger partial charge on any atom is 0.227 e. The monoisotopic (exact) mass is 215 g/mol. The molecule has 4 heteroatoms. The predicted molar refractivity (Wildman–Crippen MR) is 62.9 cm³/mol. The third kappa shape index (κ3) is 2.28. The second-order valence-electron chi connectivity index (χ2n) is 3.62. The third-order valence-corrected chi connectivity index (χ3v) is 2.13. The van der Waals surface area contributed by atoms with Crippen LogP contribution in [0.25, 0.3) is 0 Å². The number of benzene rings is 1. The van der Waals surface area contributed by atoms with Gasteiger partial charge in [-0.1, -0.05) is 12.1 Å². The summed E-state index contributed by atoms with van der Waals surface area (Å²) in [6.07, 6.45) is 0. The Hall–Kier alpha value is -2.10. The highest BCUT2D eigenvalue weighted by molar-refractivity contribution is 5.61. The number of rotatable bonds is 2. The Balaban J connectivity index is 2.30. The fourth-order valence-corrected chi connectivity index (χ4v) is 1.48. The molecule has 0 aliphatic rings. The highest BCUT2D eigenvalue weighted by atomic mass is 16.3. The third-order valence-electron chi connectivity index (χ3n) is 2.13. The van der Waals surface area contributed by atoms with E-state index < -0.39 is 0 Å². The van der Waals surface area contributed by atoms with Crippen molar-refractivity contribution in [1.29, 1.82) is 0 Å². The van der Waals surface area contributed by atoms with Crippen molar-refractivity contribution in [2.45, 2.75) is 13.8 Å². The topological polar surface area (TPSA) is 58.0 Å². The first-order valence-electron chi connectivity index (χ1n) is 5.02. The SMILES string of the molecule is Cc1cc(C)nc(Nc2ccccc2O)n1. The van der Waals surface area contributed by atoms with E-state index in [0.717, 1.165) is 11.4 Å². The van der Waals surface area contributed by atoms with Crippen LogP contribution in [-0.2, 0) is 0 Å². The van der Waals surface area contributed by atoms with Gasteiger partial charge in [-0.15, -0.1) is 0 Å². The van der Waals surface area contributed by atoms with Gasteiger partial charge >= 0.3 is 0 Å². The molecule has 0 spiro atoms. The molecule has 1 aromatic heterocycles. The molecule has 0 unspecified atom stereocenters. The molecule has 0 atom stereocenters. The second-order valence-corrected chi connectivity index (χ2v) is 3.62. The number of aromatic hydroxyl groups is 1. The Morgan fingerprint density at radius 3 is 2.31 bits per heavy atom. The fourth-order valence-electron chi connectivity index (χ4n) is 1.48. The quantitative estimate of drug-likeness (QED) is 0.756. The van der Waals surface area contributed by atoms with Crippen LogP contribution in [-0.4, -0.2) is 15.1 Å². The summed E-state index contributed by atoms with van der Waals surface area (Å²) in [5.74, 6) is 0.684. The van der Waals surface area contributed by atoms with E-state index in [-0.39, 0.29) is 5.75 Å². The largest absolute Gasteiger partial charge is 0.506 e. The zero-order valence-corrected chi connectivity index (χ0v) is 9.23. The Morgan fingerprint density at radius 2 is 1.69 bits per heavy atom. The number of nitrogens with zero attached hydrogens (tertiary/aromatic N) is 2. The first kappa shape index (κ1) is 10.4. The number of aryl methyl sites for hydroxylation is 2. The zero-order chi connectivity index (χ0) is 11.5. The molecule has 2 rings (SSSR count). The van der Waals surface area contributed by atoms with Gasteiger partial charge in [0.25, 0.3) is 0 Å². The minimum absolute atomic E-state index is 0.185. The minimum Gasteiger partial charge on any atom is -0.506 e. The van der Waals surface area contributed by atoms with Crippen LogP contribution < -0.4 is 5.32 Å². The molecule has 0 fully saturated rings. The summed E-state index contributed by atoms with van der Waals surface area (Å²) in [7, 11) is 0. The van der Waals surface area contributed by atoms with Crippen LogP contribution in [0.3, 0.4) is 0 Å². The molecular weight excluding hydrogens is 202 g/mol. The van der Waals surface area contributed by atoms with E-state index >= 15 is 0 Å². The maximum atomic E-state index is 9.59. The van der Waals surface area contributed by atoms with Crippen molar-refractivity contribution in [3.8, 4) is 5.75 Å². The summed E-state index contributed by atoms with van der Waals surface area (Å²) in [5, 5.41) is 12.6. The van der Waals surface area contributed by atoms with Gasteiger partial charge in [0.05, 0.1) is 5.69 Å². The Kier molecular flexibility index (Phi) is 2.72. The van der Waals surface area contributed by atoms with Crippen molar-refractivity contribution in [1.82, 2.24) is 9.97 Å². The van der Waals surface area contributed by atoms with Crippen molar-refractivity contribution in [3.63, 3.8) is 0 Å². The van der Waals surface area contributed by atoms with E-state index in [4.69, 9.17) is 0 Å². The molecule has 1 heterocycles. The zero-order valence-electron chi connectivity index (χ0n) is 9.23. The van der Waals surface area contributed by atoms with Crippen LogP contribution in [0.15, 0.2) is 30.3 Å². The lowest BCUT2D eigenvalue weighted by Crippen LogP contribution is -1.99. The van der Waals surface area contributed by atoms with Crippen LogP contribution in [0.1, 0.15) is 11.4 Å². The molecular formula is C12H13N3O. The number of hydrogen-bond acceptors (Lipinski definition) is 4. The molecule has 2 N–H and O–H groups in total. The Morgan fingerprint density at radius 1 is 1.06 bits per heavy atom. The summed E-state index contributed by atoms with van der Waals surface area (Å²) < 4.78 is 0. The van der Waals surface area contributed by atoms with Gasteiger partial charge in [0.2, 0.25) is 5.95 Å². The van der Waals surface area contributed by atoms with Crippen molar-refractivity contribution >= 4 is 11.6 Å². The molecule has 0 radical (unpaired) electrons. The van der Waals surface area contributed by atoms with Gasteiger partial charge < -0.3 is 10.4 Å². The highest BCUT2D eigenvalue weighted by Gasteiger charge is 2.03. The summed E-state index contributed by atoms with van der Waals surface area (Å²) in [4.78, 5) is 8.47. The standard InChI is InChI=1S/C12H13N3O/c1-8-7-9(2)14-12(13-8)15-10-5-3-4-6-11(10)16/h3-7,16H,1-2H3,(H,13,14,15). The van der Waals surface area contributed by atoms with Crippen LogP contribution in [0.5, 0.6) is 5.75 Å². The molecule has 2 aromatic rings. The number of aromatic nitrogens is 2. The highest BCUT2D eigenvalue weighted by Crippen LogP contribution is 2.24. The number of nitrogens with one attached hydrogen (secondary N) is 1. The molecule has 0 saturated carbocycles. The van der Waals surface area contributed by atoms with E-state index in [2.05, 4.69) is 15.3 Å². The lowest BCUT2D eigenvalue weighted by molar-refractivity contribution is 0.477. The number of para-hydroxylation sites is 2. The van der Waals surface area contributed by atoms with Gasteiger partial charge in [-0.3, -0.25) is 0 Å². The van der Waals surface area contributed by atoms with Crippen molar-refractivity contribution in [2.24, 2.45) is 0 Å². The van der Waals surface area contributed by atoms with Crippen LogP contribution >= 0.6 is 0 Å². The van der Waals surface area contributed by atoms with Gasteiger partial charge in [0, 0.05) is 11.4 Å².